The highest BCUT2D eigenvalue weighted by molar-refractivity contribution is 5.90. The second kappa shape index (κ2) is 31.1. The molecule has 5 saturated heterocycles. The van der Waals surface area contributed by atoms with E-state index in [0.717, 1.165) is 37.5 Å². The Labute approximate surface area is 550 Å². The van der Waals surface area contributed by atoms with Crippen LogP contribution in [0.15, 0.2) is 72.8 Å². The Kier molecular flexibility index (Phi) is 24.5. The molecule has 522 valence electrons. The zero-order valence-corrected chi connectivity index (χ0v) is 55.8. The topological polar surface area (TPSA) is 353 Å². The summed E-state index contributed by atoms with van der Waals surface area (Å²) in [5.41, 5.74) is 7.17. The lowest BCUT2D eigenvalue weighted by molar-refractivity contribution is -0.171. The molecule has 11 rings (SSSR count). The number of nitrogens with zero attached hydrogens (tertiary/aromatic N) is 3. The SMILES string of the molecule is CC1(C)O[C@@H](C(=O)O)[C@H](C(=O)N2CCc3ccccc3C2)O1.CC1(C)O[C@@H](CO)[C@H](C(=O)N2CCc3ccccc3C2)O1.COC(=O)[C@@H]1OC(C)(C)O[C@H]1C(=O)N1CCc2ccccc2C1.COC(=O)[C@@H]1OC(C)(C)O[C@H]1C(=O)O.COC(=O)[C@@H]1OC(C)(C)O[C@H]1C(=O)OC. The van der Waals surface area contributed by atoms with Crippen LogP contribution in [0.1, 0.15) is 103 Å². The first-order chi connectivity index (χ1) is 44.6. The minimum absolute atomic E-state index is 0.103. The van der Waals surface area contributed by atoms with Crippen LogP contribution < -0.4 is 0 Å². The molecule has 5 fully saturated rings. The van der Waals surface area contributed by atoms with E-state index < -0.39 is 126 Å². The predicted molar refractivity (Wildman–Crippen MR) is 326 cm³/mol. The summed E-state index contributed by atoms with van der Waals surface area (Å²) in [6.45, 7) is 19.6. The quantitative estimate of drug-likeness (QED) is 0.194. The molecule has 29 nitrogen and oxygen atoms in total. The van der Waals surface area contributed by atoms with Crippen molar-refractivity contribution < 1.29 is 125 Å². The Bertz CT molecular complexity index is 3250. The van der Waals surface area contributed by atoms with Crippen LogP contribution in [0.3, 0.4) is 0 Å². The number of carboxylic acid groups (broad SMARTS) is 2. The first-order valence-corrected chi connectivity index (χ1v) is 30.8. The van der Waals surface area contributed by atoms with Gasteiger partial charge in [0.05, 0.1) is 35.0 Å². The molecule has 0 aromatic heterocycles. The van der Waals surface area contributed by atoms with Crippen LogP contribution >= 0.6 is 0 Å². The van der Waals surface area contributed by atoms with Crippen molar-refractivity contribution in [2.45, 2.75) is 198 Å². The molecule has 3 aromatic carbocycles. The number of aliphatic hydroxyl groups excluding tert-OH is 1. The Balaban J connectivity index is 0.000000170. The minimum atomic E-state index is -1.31. The summed E-state index contributed by atoms with van der Waals surface area (Å²) in [7, 11) is 4.86. The van der Waals surface area contributed by atoms with Gasteiger partial charge in [-0.3, -0.25) is 14.4 Å². The standard InChI is InChI=1S/C17H21NO5.C16H19NO5.C16H21NO4.C9H14O6.C8H12O6/c1-17(2)22-13(14(23-17)16(20)21-3)15(19)18-9-8-11-6-4-5-7-12(11)10-18;1-16(2)21-12(13(22-16)15(19)20)14(18)17-8-7-10-5-3-4-6-11(10)9-17;1-16(2)20-13(10-18)14(21-16)15(19)17-8-7-11-5-3-4-6-12(11)9-17;1-9(2)14-5(7(10)12-3)6(15-9)8(11)13-4;1-8(2)13-4(6(9)10)5(14-8)7(11)12-3/h4-7,13-14H,8-10H2,1-3H3;3-6,12-13H,7-9H2,1-2H3,(H,19,20);3-6,13-14,18H,7-10H2,1-2H3;5-6H,1-4H3;4-5H,1-3H3,(H,9,10)/t13-,14-;12-,13-;13-,14+;5-,6-;4-,5-/m11011/s1. The van der Waals surface area contributed by atoms with Gasteiger partial charge in [-0.25, -0.2) is 28.8 Å². The van der Waals surface area contributed by atoms with Gasteiger partial charge in [0.2, 0.25) is 0 Å². The van der Waals surface area contributed by atoms with Gasteiger partial charge in [-0.1, -0.05) is 72.8 Å². The number of esters is 4. The molecular weight excluding hydrogens is 1250 g/mol. The molecule has 8 aliphatic rings. The number of carbonyl (C=O) groups is 9. The summed E-state index contributed by atoms with van der Waals surface area (Å²) in [4.78, 5) is 111. The van der Waals surface area contributed by atoms with Gasteiger partial charge in [-0.05, 0) is 122 Å². The fourth-order valence-corrected chi connectivity index (χ4v) is 11.7. The normalized spacial score (nSPS) is 27.4. The molecule has 0 saturated carbocycles. The number of fused-ring (bicyclic) bond motifs is 3. The van der Waals surface area contributed by atoms with Gasteiger partial charge in [0.1, 0.15) is 6.10 Å². The summed E-state index contributed by atoms with van der Waals surface area (Å²) >= 11 is 0. The number of benzene rings is 3. The molecule has 0 radical (unpaired) electrons. The second-order valence-corrected chi connectivity index (χ2v) is 25.3. The average Bonchev–Trinajstić information content (AvgIpc) is 1.74. The van der Waals surface area contributed by atoms with E-state index in [2.05, 4.69) is 32.4 Å². The van der Waals surface area contributed by atoms with Crippen LogP contribution in [0.4, 0.5) is 0 Å². The molecule has 0 aliphatic carbocycles. The Hall–Kier alpha value is -7.55. The zero-order chi connectivity index (χ0) is 70.1. The molecule has 3 aromatic rings. The summed E-state index contributed by atoms with van der Waals surface area (Å²) in [6.07, 6.45) is -7.93. The number of aliphatic carboxylic acids is 2. The van der Waals surface area contributed by atoms with E-state index in [-0.39, 0.29) is 24.3 Å². The lowest BCUT2D eigenvalue weighted by atomic mass is 9.99. The van der Waals surface area contributed by atoms with E-state index in [1.54, 1.807) is 70.1 Å². The molecule has 0 bridgehead atoms. The first kappa shape index (κ1) is 74.8. The van der Waals surface area contributed by atoms with Crippen LogP contribution in [0, 0.1) is 0 Å². The van der Waals surface area contributed by atoms with Crippen molar-refractivity contribution in [1.82, 2.24) is 14.7 Å². The smallest absolute Gasteiger partial charge is 0.338 e. The highest BCUT2D eigenvalue weighted by Crippen LogP contribution is 2.36. The van der Waals surface area contributed by atoms with E-state index in [9.17, 15) is 53.4 Å². The van der Waals surface area contributed by atoms with Crippen molar-refractivity contribution in [3.63, 3.8) is 0 Å². The number of amides is 3. The monoisotopic (exact) mass is 1340 g/mol. The van der Waals surface area contributed by atoms with Crippen LogP contribution in [0.5, 0.6) is 0 Å². The van der Waals surface area contributed by atoms with Crippen molar-refractivity contribution in [2.24, 2.45) is 0 Å². The zero-order valence-electron chi connectivity index (χ0n) is 55.8. The number of carbonyl (C=O) groups excluding carboxylic acids is 7. The van der Waals surface area contributed by atoms with E-state index in [0.29, 0.717) is 39.3 Å². The van der Waals surface area contributed by atoms with Gasteiger partial charge < -0.3 is 96.3 Å². The fourth-order valence-electron chi connectivity index (χ4n) is 11.7. The fraction of sp³-hybridized carbons (Fsp3) is 0.591. The number of hydrogen-bond acceptors (Lipinski definition) is 24. The molecule has 0 unspecified atom stereocenters. The molecule has 95 heavy (non-hydrogen) atoms. The summed E-state index contributed by atoms with van der Waals surface area (Å²) in [5, 5.41) is 27.4. The van der Waals surface area contributed by atoms with Gasteiger partial charge in [0.15, 0.2) is 83.9 Å². The Morgan fingerprint density at radius 3 is 0.874 bits per heavy atom. The van der Waals surface area contributed by atoms with E-state index in [1.807, 2.05) is 54.6 Å². The van der Waals surface area contributed by atoms with Crippen molar-refractivity contribution >= 4 is 53.5 Å². The molecule has 3 amide bonds. The largest absolute Gasteiger partial charge is 0.479 e. The molecule has 8 heterocycles. The van der Waals surface area contributed by atoms with Gasteiger partial charge in [-0.2, -0.15) is 0 Å². The maximum absolute atomic E-state index is 12.8. The number of aliphatic hydroxyl groups is 1. The van der Waals surface area contributed by atoms with Gasteiger partial charge in [0.25, 0.3) is 17.7 Å². The van der Waals surface area contributed by atoms with Gasteiger partial charge >= 0.3 is 35.8 Å². The summed E-state index contributed by atoms with van der Waals surface area (Å²) in [6, 6.07) is 24.2. The number of methoxy groups -OCH3 is 4. The van der Waals surface area contributed by atoms with Crippen LogP contribution in [0.25, 0.3) is 0 Å². The van der Waals surface area contributed by atoms with E-state index in [4.69, 9.17) is 57.2 Å². The third-order valence-electron chi connectivity index (χ3n) is 16.0. The highest BCUT2D eigenvalue weighted by atomic mass is 16.8. The third-order valence-corrected chi connectivity index (χ3v) is 16.0. The van der Waals surface area contributed by atoms with E-state index in [1.165, 1.54) is 57.4 Å². The lowest BCUT2D eigenvalue weighted by Crippen LogP contribution is -2.48. The number of rotatable bonds is 10. The molecule has 10 atom stereocenters. The Morgan fingerprint density at radius 2 is 0.579 bits per heavy atom. The second-order valence-electron chi connectivity index (χ2n) is 25.3. The van der Waals surface area contributed by atoms with Crippen molar-refractivity contribution in [3.8, 4) is 0 Å². The van der Waals surface area contributed by atoms with Crippen molar-refractivity contribution in [2.75, 3.05) is 54.7 Å². The predicted octanol–water partition coefficient (Wildman–Crippen LogP) is 3.14. The average molecular weight is 1340 g/mol. The van der Waals surface area contributed by atoms with Crippen LogP contribution in [-0.4, -0.2) is 228 Å². The van der Waals surface area contributed by atoms with Gasteiger partial charge in [-0.15, -0.1) is 0 Å². The molecular formula is C66H87N3O26. The van der Waals surface area contributed by atoms with Crippen molar-refractivity contribution in [3.05, 3.63) is 106 Å². The molecule has 8 aliphatic heterocycles. The van der Waals surface area contributed by atoms with Gasteiger partial charge in [0, 0.05) is 39.3 Å². The van der Waals surface area contributed by atoms with Crippen molar-refractivity contribution in [1.29, 1.82) is 0 Å². The lowest BCUT2D eigenvalue weighted by Gasteiger charge is -2.31. The maximum atomic E-state index is 12.8. The Morgan fingerprint density at radius 1 is 0.358 bits per heavy atom. The summed E-state index contributed by atoms with van der Waals surface area (Å²) < 4.78 is 72.1. The molecule has 3 N–H and O–H groups in total. The number of ether oxygens (including phenoxy) is 14. The molecule has 0 spiro atoms. The number of carboxylic acids is 2. The minimum Gasteiger partial charge on any atom is -0.479 e. The highest BCUT2D eigenvalue weighted by Gasteiger charge is 2.54. The van der Waals surface area contributed by atoms with Crippen LogP contribution in [0.2, 0.25) is 0 Å². The van der Waals surface area contributed by atoms with Crippen LogP contribution in [-0.2, 0) is 148 Å². The first-order valence-electron chi connectivity index (χ1n) is 30.8. The van der Waals surface area contributed by atoms with E-state index >= 15 is 0 Å². The third kappa shape index (κ3) is 18.9. The summed E-state index contributed by atoms with van der Waals surface area (Å²) in [5.74, 6) is -10.7. The maximum Gasteiger partial charge on any atom is 0.338 e. The molecule has 29 heteroatoms. The number of hydrogen-bond donors (Lipinski definition) is 3.